The van der Waals surface area contributed by atoms with Gasteiger partial charge in [0.05, 0.1) is 11.7 Å². The molecular formula is C19H18N4O5S. The highest BCUT2D eigenvalue weighted by molar-refractivity contribution is 7.13. The van der Waals surface area contributed by atoms with Crippen LogP contribution in [-0.4, -0.2) is 56.6 Å². The molecule has 1 unspecified atom stereocenters. The molecule has 0 spiro atoms. The van der Waals surface area contributed by atoms with Crippen molar-refractivity contribution in [2.24, 2.45) is 5.41 Å². The Balaban J connectivity index is 1.50. The van der Waals surface area contributed by atoms with E-state index < -0.39 is 23.5 Å². The lowest BCUT2D eigenvalue weighted by Crippen LogP contribution is -2.58. The molecule has 2 fully saturated rings. The van der Waals surface area contributed by atoms with E-state index in [0.29, 0.717) is 22.8 Å². The summed E-state index contributed by atoms with van der Waals surface area (Å²) >= 11 is 1.24. The number of fused-ring (bicyclic) bond motifs is 1. The number of ether oxygens (including phenoxy) is 1. The van der Waals surface area contributed by atoms with Gasteiger partial charge in [0.15, 0.2) is 5.13 Å². The standard InChI is InChI=1S/C19H18N4O5S/c1-19(10-28-18(27)22-17-21-6-7-29-17)9-13-12(8-11-4-2-3-5-20-11)15(24)23(13)14(19)16(25)26/h2-8,13-14H,9-10H2,1H3,(H,25,26)(H,21,22,27)/b12-8+/t13?,14-,19-/m0/s1. The third-order valence-electron chi connectivity index (χ3n) is 5.17. The minimum Gasteiger partial charge on any atom is -0.480 e. The van der Waals surface area contributed by atoms with Crippen LogP contribution in [0.3, 0.4) is 0 Å². The van der Waals surface area contributed by atoms with Crippen LogP contribution in [0.4, 0.5) is 9.93 Å². The van der Waals surface area contributed by atoms with Gasteiger partial charge in [0.25, 0.3) is 5.91 Å². The Morgan fingerprint density at radius 2 is 2.24 bits per heavy atom. The van der Waals surface area contributed by atoms with Gasteiger partial charge in [-0.15, -0.1) is 11.3 Å². The first-order chi connectivity index (χ1) is 13.9. The molecule has 4 heterocycles. The summed E-state index contributed by atoms with van der Waals surface area (Å²) in [6.45, 7) is 1.57. The van der Waals surface area contributed by atoms with E-state index in [9.17, 15) is 19.5 Å². The maximum Gasteiger partial charge on any atom is 0.413 e. The number of pyridine rings is 1. The van der Waals surface area contributed by atoms with Crippen LogP contribution < -0.4 is 5.32 Å². The quantitative estimate of drug-likeness (QED) is 0.568. The molecule has 2 amide bonds. The van der Waals surface area contributed by atoms with Crippen molar-refractivity contribution in [3.63, 3.8) is 0 Å². The average Bonchev–Trinajstić information content (AvgIpc) is 3.30. The van der Waals surface area contributed by atoms with Gasteiger partial charge in [-0.1, -0.05) is 13.0 Å². The summed E-state index contributed by atoms with van der Waals surface area (Å²) in [5.41, 5.74) is 0.229. The molecule has 0 aromatic carbocycles. The van der Waals surface area contributed by atoms with Crippen LogP contribution >= 0.6 is 11.3 Å². The van der Waals surface area contributed by atoms with E-state index in [1.165, 1.54) is 16.2 Å². The van der Waals surface area contributed by atoms with Gasteiger partial charge in [-0.25, -0.2) is 14.6 Å². The van der Waals surface area contributed by atoms with Crippen LogP contribution in [0.25, 0.3) is 6.08 Å². The zero-order chi connectivity index (χ0) is 20.6. The number of amides is 2. The van der Waals surface area contributed by atoms with Crippen LogP contribution in [-0.2, 0) is 14.3 Å². The second-order valence-corrected chi connectivity index (χ2v) is 8.11. The number of carbonyl (C=O) groups is 3. The van der Waals surface area contributed by atoms with Gasteiger partial charge < -0.3 is 14.7 Å². The highest BCUT2D eigenvalue weighted by Gasteiger charge is 2.62. The Hall–Kier alpha value is -3.27. The first kappa shape index (κ1) is 19.1. The molecule has 2 saturated heterocycles. The van der Waals surface area contributed by atoms with Crippen LogP contribution in [0.5, 0.6) is 0 Å². The molecule has 2 aromatic heterocycles. The molecule has 2 aromatic rings. The predicted molar refractivity (Wildman–Crippen MR) is 104 cm³/mol. The lowest BCUT2D eigenvalue weighted by molar-refractivity contribution is -0.155. The van der Waals surface area contributed by atoms with Crippen molar-refractivity contribution in [2.75, 3.05) is 11.9 Å². The first-order valence-corrected chi connectivity index (χ1v) is 9.78. The molecular weight excluding hydrogens is 396 g/mol. The SMILES string of the molecule is C[C@@]1(COC(=O)Nc2nccs2)CC2/C(=C\c3ccccn3)C(=O)N2[C@H]1C(=O)O. The number of aromatic nitrogens is 2. The summed E-state index contributed by atoms with van der Waals surface area (Å²) in [5, 5.41) is 14.3. The highest BCUT2D eigenvalue weighted by Crippen LogP contribution is 2.49. The summed E-state index contributed by atoms with van der Waals surface area (Å²) in [4.78, 5) is 46.1. The fourth-order valence-electron chi connectivity index (χ4n) is 3.88. The monoisotopic (exact) mass is 414 g/mol. The van der Waals surface area contributed by atoms with E-state index in [4.69, 9.17) is 4.74 Å². The summed E-state index contributed by atoms with van der Waals surface area (Å²) in [5.74, 6) is -1.45. The smallest absolute Gasteiger partial charge is 0.413 e. The van der Waals surface area contributed by atoms with E-state index in [-0.39, 0.29) is 18.6 Å². The Labute approximate surface area is 170 Å². The molecule has 29 heavy (non-hydrogen) atoms. The fourth-order valence-corrected chi connectivity index (χ4v) is 4.40. The van der Waals surface area contributed by atoms with E-state index in [2.05, 4.69) is 15.3 Å². The number of anilines is 1. The van der Waals surface area contributed by atoms with Crippen molar-refractivity contribution >= 4 is 40.5 Å². The number of nitrogens with zero attached hydrogens (tertiary/aromatic N) is 3. The maximum atomic E-state index is 12.6. The molecule has 0 saturated carbocycles. The molecule has 4 rings (SSSR count). The van der Waals surface area contributed by atoms with E-state index in [0.717, 1.165) is 0 Å². The Morgan fingerprint density at radius 1 is 1.41 bits per heavy atom. The second kappa shape index (κ2) is 7.28. The average molecular weight is 414 g/mol. The van der Waals surface area contributed by atoms with Gasteiger partial charge in [0.1, 0.15) is 12.6 Å². The largest absolute Gasteiger partial charge is 0.480 e. The lowest BCUT2D eigenvalue weighted by Gasteiger charge is -2.40. The van der Waals surface area contributed by atoms with Crippen LogP contribution in [0.1, 0.15) is 19.0 Å². The van der Waals surface area contributed by atoms with Gasteiger partial charge >= 0.3 is 12.1 Å². The fraction of sp³-hybridized carbons (Fsp3) is 0.316. The molecule has 2 aliphatic heterocycles. The zero-order valence-corrected chi connectivity index (χ0v) is 16.3. The number of β-lactam (4-membered cyclic amide) rings is 1. The molecule has 2 N–H and O–H groups in total. The Morgan fingerprint density at radius 3 is 2.90 bits per heavy atom. The lowest BCUT2D eigenvalue weighted by atomic mass is 9.81. The van der Waals surface area contributed by atoms with Crippen molar-refractivity contribution in [1.82, 2.24) is 14.9 Å². The Kier molecular flexibility index (Phi) is 4.79. The summed E-state index contributed by atoms with van der Waals surface area (Å²) in [6, 6.07) is 3.94. The van der Waals surface area contributed by atoms with E-state index in [1.807, 2.05) is 6.07 Å². The molecule has 150 valence electrons. The maximum absolute atomic E-state index is 12.6. The number of carbonyl (C=O) groups excluding carboxylic acids is 2. The highest BCUT2D eigenvalue weighted by atomic mass is 32.1. The summed E-state index contributed by atoms with van der Waals surface area (Å²) in [6.07, 6.45) is 4.52. The molecule has 0 aliphatic carbocycles. The van der Waals surface area contributed by atoms with Crippen LogP contribution in [0, 0.1) is 5.41 Å². The molecule has 3 atom stereocenters. The van der Waals surface area contributed by atoms with Crippen LogP contribution in [0.15, 0.2) is 41.5 Å². The summed E-state index contributed by atoms with van der Waals surface area (Å²) in [7, 11) is 0. The van der Waals surface area contributed by atoms with Crippen molar-refractivity contribution in [1.29, 1.82) is 0 Å². The second-order valence-electron chi connectivity index (χ2n) is 7.22. The molecule has 10 heteroatoms. The van der Waals surface area contributed by atoms with E-state index >= 15 is 0 Å². The minimum absolute atomic E-state index is 0.141. The van der Waals surface area contributed by atoms with Gasteiger partial charge in [-0.2, -0.15) is 0 Å². The third kappa shape index (κ3) is 3.46. The Bertz CT molecular complexity index is 978. The van der Waals surface area contributed by atoms with Gasteiger partial charge in [-0.05, 0) is 24.6 Å². The number of thiazole rings is 1. The number of carboxylic acid groups (broad SMARTS) is 1. The predicted octanol–water partition coefficient (Wildman–Crippen LogP) is 2.24. The molecule has 9 nitrogen and oxygen atoms in total. The van der Waals surface area contributed by atoms with Crippen molar-refractivity contribution in [3.05, 3.63) is 47.2 Å². The number of hydrogen-bond acceptors (Lipinski definition) is 7. The van der Waals surface area contributed by atoms with E-state index in [1.54, 1.807) is 42.9 Å². The molecule has 2 aliphatic rings. The number of hydrogen-bond donors (Lipinski definition) is 2. The summed E-state index contributed by atoms with van der Waals surface area (Å²) < 4.78 is 5.28. The number of aliphatic carboxylic acids is 1. The molecule has 0 radical (unpaired) electrons. The topological polar surface area (TPSA) is 122 Å². The van der Waals surface area contributed by atoms with Crippen LogP contribution in [0.2, 0.25) is 0 Å². The number of nitrogens with one attached hydrogen (secondary N) is 1. The van der Waals surface area contributed by atoms with Gasteiger partial charge in [-0.3, -0.25) is 15.1 Å². The van der Waals surface area contributed by atoms with Gasteiger partial charge in [0, 0.05) is 28.8 Å². The zero-order valence-electron chi connectivity index (χ0n) is 15.4. The van der Waals surface area contributed by atoms with Crippen molar-refractivity contribution < 1.29 is 24.2 Å². The normalized spacial score (nSPS) is 26.7. The molecule has 0 bridgehead atoms. The number of carboxylic acids is 1. The van der Waals surface area contributed by atoms with Gasteiger partial charge in [0.2, 0.25) is 0 Å². The minimum atomic E-state index is -1.12. The van der Waals surface area contributed by atoms with Crippen molar-refractivity contribution in [2.45, 2.75) is 25.4 Å². The van der Waals surface area contributed by atoms with Crippen molar-refractivity contribution in [3.8, 4) is 0 Å². The number of rotatable bonds is 5. The first-order valence-electron chi connectivity index (χ1n) is 8.90. The third-order valence-corrected chi connectivity index (χ3v) is 5.86.